The van der Waals surface area contributed by atoms with Crippen LogP contribution in [0.25, 0.3) is 21.9 Å². The van der Waals surface area contributed by atoms with Gasteiger partial charge in [-0.1, -0.05) is 0 Å². The van der Waals surface area contributed by atoms with E-state index in [0.29, 0.717) is 16.6 Å². The highest BCUT2D eigenvalue weighted by Gasteiger charge is 2.17. The summed E-state index contributed by atoms with van der Waals surface area (Å²) < 4.78 is 10.5. The van der Waals surface area contributed by atoms with Crippen LogP contribution in [-0.2, 0) is 6.42 Å². The van der Waals surface area contributed by atoms with Gasteiger partial charge in [0.2, 0.25) is 0 Å². The predicted octanol–water partition coefficient (Wildman–Crippen LogP) is 2.95. The van der Waals surface area contributed by atoms with Gasteiger partial charge in [0.05, 0.1) is 30.4 Å². The first-order chi connectivity index (χ1) is 7.83. The summed E-state index contributed by atoms with van der Waals surface area (Å²) in [5, 5.41) is 20.0. The van der Waals surface area contributed by atoms with Gasteiger partial charge in [-0.05, 0) is 12.1 Å². The van der Waals surface area contributed by atoms with Crippen LogP contribution in [0, 0.1) is 11.3 Å². The van der Waals surface area contributed by atoms with Crippen LogP contribution >= 0.6 is 0 Å². The van der Waals surface area contributed by atoms with Crippen LogP contribution in [0.3, 0.4) is 0 Å². The van der Waals surface area contributed by atoms with E-state index in [1.807, 2.05) is 0 Å². The van der Waals surface area contributed by atoms with Crippen molar-refractivity contribution in [3.8, 4) is 11.8 Å². The van der Waals surface area contributed by atoms with E-state index in [2.05, 4.69) is 6.07 Å². The highest BCUT2D eigenvalue weighted by Crippen LogP contribution is 2.38. The first kappa shape index (κ1) is 8.86. The Kier molecular flexibility index (Phi) is 1.68. The van der Waals surface area contributed by atoms with Gasteiger partial charge in [-0.15, -0.1) is 0 Å². The molecule has 0 atom stereocenters. The van der Waals surface area contributed by atoms with Gasteiger partial charge in [-0.2, -0.15) is 5.26 Å². The molecular formula is C12H7NO3. The Morgan fingerprint density at radius 2 is 1.81 bits per heavy atom. The summed E-state index contributed by atoms with van der Waals surface area (Å²) in [5.41, 5.74) is 1.70. The van der Waals surface area contributed by atoms with Gasteiger partial charge >= 0.3 is 0 Å². The zero-order valence-corrected chi connectivity index (χ0v) is 8.23. The minimum atomic E-state index is 0.0606. The molecule has 0 fully saturated rings. The molecular weight excluding hydrogens is 206 g/mol. The van der Waals surface area contributed by atoms with Crippen molar-refractivity contribution in [3.63, 3.8) is 0 Å². The molecule has 0 saturated heterocycles. The number of hydrogen-bond acceptors (Lipinski definition) is 4. The van der Waals surface area contributed by atoms with Crippen molar-refractivity contribution in [1.82, 2.24) is 0 Å². The van der Waals surface area contributed by atoms with Crippen molar-refractivity contribution in [2.75, 3.05) is 0 Å². The van der Waals surface area contributed by atoms with Gasteiger partial charge in [0.15, 0.2) is 11.3 Å². The van der Waals surface area contributed by atoms with Crippen molar-refractivity contribution in [1.29, 1.82) is 5.26 Å². The number of furan rings is 2. The molecule has 2 aromatic heterocycles. The SMILES string of the molecule is N#CCc1c2ccoc2c(O)c2ccoc12. The fraction of sp³-hybridized carbons (Fsp3) is 0.0833. The molecule has 4 nitrogen and oxygen atoms in total. The summed E-state index contributed by atoms with van der Waals surface area (Å²) in [4.78, 5) is 0. The largest absolute Gasteiger partial charge is 0.504 e. The van der Waals surface area contributed by atoms with Gasteiger partial charge in [0.25, 0.3) is 0 Å². The Hall–Kier alpha value is -2.41. The number of phenolic OH excluding ortho intramolecular Hbond substituents is 1. The Morgan fingerprint density at radius 3 is 2.56 bits per heavy atom. The number of benzene rings is 1. The Labute approximate surface area is 90.3 Å². The molecule has 0 spiro atoms. The van der Waals surface area contributed by atoms with Gasteiger partial charge < -0.3 is 13.9 Å². The number of rotatable bonds is 1. The molecule has 0 unspecified atom stereocenters. The Morgan fingerprint density at radius 1 is 1.12 bits per heavy atom. The number of nitrogens with zero attached hydrogens (tertiary/aromatic N) is 1. The summed E-state index contributed by atoms with van der Waals surface area (Å²) >= 11 is 0. The molecule has 1 N–H and O–H groups in total. The quantitative estimate of drug-likeness (QED) is 0.674. The number of hydrogen-bond donors (Lipinski definition) is 1. The standard InChI is InChI=1S/C12H7NO3/c13-4-1-7-8-2-5-16-12(8)10(14)9-3-6-15-11(7)9/h2-3,5-6,14H,1H2. The van der Waals surface area contributed by atoms with Crippen LogP contribution in [0.1, 0.15) is 5.56 Å². The minimum absolute atomic E-state index is 0.0606. The first-order valence-corrected chi connectivity index (χ1v) is 4.78. The summed E-state index contributed by atoms with van der Waals surface area (Å²) in [6.07, 6.45) is 3.20. The number of phenols is 1. The molecule has 78 valence electrons. The maximum Gasteiger partial charge on any atom is 0.176 e. The van der Waals surface area contributed by atoms with E-state index >= 15 is 0 Å². The van der Waals surface area contributed by atoms with E-state index in [4.69, 9.17) is 14.1 Å². The Balaban J connectivity index is 2.57. The topological polar surface area (TPSA) is 70.3 Å². The molecule has 4 heteroatoms. The smallest absolute Gasteiger partial charge is 0.176 e. The molecule has 2 heterocycles. The van der Waals surface area contributed by atoms with E-state index in [1.165, 1.54) is 12.5 Å². The molecule has 16 heavy (non-hydrogen) atoms. The van der Waals surface area contributed by atoms with E-state index in [1.54, 1.807) is 12.1 Å². The zero-order chi connectivity index (χ0) is 11.1. The molecule has 3 rings (SSSR count). The summed E-state index contributed by atoms with van der Waals surface area (Å²) in [7, 11) is 0. The lowest BCUT2D eigenvalue weighted by Gasteiger charge is -2.01. The van der Waals surface area contributed by atoms with Crippen molar-refractivity contribution in [2.24, 2.45) is 0 Å². The van der Waals surface area contributed by atoms with Crippen LogP contribution in [0.4, 0.5) is 0 Å². The Bertz CT molecular complexity index is 663. The average molecular weight is 213 g/mol. The van der Waals surface area contributed by atoms with E-state index in [-0.39, 0.29) is 12.2 Å². The van der Waals surface area contributed by atoms with E-state index in [9.17, 15) is 5.11 Å². The number of fused-ring (bicyclic) bond motifs is 2. The number of nitriles is 1. The normalized spacial score (nSPS) is 10.9. The summed E-state index contributed by atoms with van der Waals surface area (Å²) in [6.45, 7) is 0. The van der Waals surface area contributed by atoms with Gasteiger partial charge in [0, 0.05) is 10.9 Å². The monoisotopic (exact) mass is 213 g/mol. The maximum absolute atomic E-state index is 9.94. The van der Waals surface area contributed by atoms with Crippen LogP contribution < -0.4 is 0 Å². The molecule has 3 aromatic rings. The highest BCUT2D eigenvalue weighted by atomic mass is 16.4. The highest BCUT2D eigenvalue weighted by molar-refractivity contribution is 6.04. The minimum Gasteiger partial charge on any atom is -0.504 e. The molecule has 0 amide bonds. The fourth-order valence-corrected chi connectivity index (χ4v) is 1.96. The average Bonchev–Trinajstić information content (AvgIpc) is 2.92. The van der Waals surface area contributed by atoms with Crippen molar-refractivity contribution < 1.29 is 13.9 Å². The van der Waals surface area contributed by atoms with E-state index < -0.39 is 0 Å². The van der Waals surface area contributed by atoms with E-state index in [0.717, 1.165) is 10.9 Å². The van der Waals surface area contributed by atoms with Gasteiger partial charge in [-0.25, -0.2) is 0 Å². The second kappa shape index (κ2) is 3.04. The third kappa shape index (κ3) is 0.971. The van der Waals surface area contributed by atoms with Crippen molar-refractivity contribution >= 4 is 21.9 Å². The van der Waals surface area contributed by atoms with Crippen molar-refractivity contribution in [2.45, 2.75) is 6.42 Å². The molecule has 0 bridgehead atoms. The molecule has 1 aromatic carbocycles. The molecule has 0 aliphatic carbocycles. The maximum atomic E-state index is 9.94. The van der Waals surface area contributed by atoms with Crippen LogP contribution in [-0.4, -0.2) is 5.11 Å². The van der Waals surface area contributed by atoms with Gasteiger partial charge in [0.1, 0.15) is 5.58 Å². The summed E-state index contributed by atoms with van der Waals surface area (Å²) in [6, 6.07) is 5.47. The predicted molar refractivity (Wildman–Crippen MR) is 57.0 cm³/mol. The fourth-order valence-electron chi connectivity index (χ4n) is 1.96. The molecule has 0 aliphatic heterocycles. The lowest BCUT2D eigenvalue weighted by Crippen LogP contribution is -1.84. The number of aromatic hydroxyl groups is 1. The molecule has 0 aliphatic rings. The lowest BCUT2D eigenvalue weighted by atomic mass is 10.0. The van der Waals surface area contributed by atoms with Crippen LogP contribution in [0.5, 0.6) is 5.75 Å². The molecule has 0 radical (unpaired) electrons. The van der Waals surface area contributed by atoms with Crippen molar-refractivity contribution in [3.05, 3.63) is 30.2 Å². The second-order valence-electron chi connectivity index (χ2n) is 3.49. The zero-order valence-electron chi connectivity index (χ0n) is 8.23. The van der Waals surface area contributed by atoms with Crippen LogP contribution in [0.15, 0.2) is 33.5 Å². The van der Waals surface area contributed by atoms with Gasteiger partial charge in [-0.3, -0.25) is 0 Å². The summed E-state index contributed by atoms with van der Waals surface area (Å²) in [5.74, 6) is 0.0606. The third-order valence-corrected chi connectivity index (χ3v) is 2.66. The molecule has 0 saturated carbocycles. The third-order valence-electron chi connectivity index (χ3n) is 2.66. The lowest BCUT2D eigenvalue weighted by molar-refractivity contribution is 0.470. The van der Waals surface area contributed by atoms with Crippen LogP contribution in [0.2, 0.25) is 0 Å². The first-order valence-electron chi connectivity index (χ1n) is 4.78. The second-order valence-corrected chi connectivity index (χ2v) is 3.49.